The summed E-state index contributed by atoms with van der Waals surface area (Å²) >= 11 is 0. The number of carbonyl (C=O) groups is 1. The minimum atomic E-state index is -2.64. The van der Waals surface area contributed by atoms with Crippen molar-refractivity contribution in [2.75, 3.05) is 25.6 Å². The fourth-order valence-electron chi connectivity index (χ4n) is 8.26. The molecule has 1 N–H and O–H groups in total. The number of fused-ring (bicyclic) bond motifs is 1. The third kappa shape index (κ3) is 10.9. The second kappa shape index (κ2) is 21.9. The molecule has 14 nitrogen and oxygen atoms in total. The van der Waals surface area contributed by atoms with Gasteiger partial charge in [-0.15, -0.1) is 0 Å². The van der Waals surface area contributed by atoms with Gasteiger partial charge < -0.3 is 33.0 Å². The van der Waals surface area contributed by atoms with Crippen LogP contribution in [0.2, 0.25) is 18.1 Å². The number of hydrogen-bond acceptors (Lipinski definition) is 12. The number of aromatic nitrogens is 4. The maximum Gasteiger partial charge on any atom is 0.259 e. The molecule has 1 saturated heterocycles. The van der Waals surface area contributed by atoms with Crippen molar-refractivity contribution in [2.24, 2.45) is 0 Å². The standard InChI is InChI=1S/C52H64N7O7PSi/c1-36(2)59(37(3)4)67(63-32-20-31-53)65-45-43(33-62-52(39-23-16-12-17-24-39,40-25-18-13-19-26-40)41-27-29-42(61-8)30-28-41)64-50(46(45)66-68(9,10)51(5,6)7)58-35-56-44-47(54-34-55-48(44)58)57-49(60)38-21-14-11-15-22-38/h11-19,21-30,34-37,43,45-46,50H,20,32-33H2,1-10H3,(H,54,55,57,60)/t43-,45+,46?,50-,67?/m1/s1. The fourth-order valence-corrected chi connectivity index (χ4v) is 11.3. The van der Waals surface area contributed by atoms with Gasteiger partial charge in [0, 0.05) is 17.6 Å². The maximum absolute atomic E-state index is 13.4. The first-order chi connectivity index (χ1) is 32.6. The number of amides is 1. The van der Waals surface area contributed by atoms with E-state index in [2.05, 4.69) is 107 Å². The Hall–Kier alpha value is -5.40. The highest BCUT2D eigenvalue weighted by Crippen LogP contribution is 2.53. The van der Waals surface area contributed by atoms with Gasteiger partial charge in [-0.25, -0.2) is 19.6 Å². The minimum Gasteiger partial charge on any atom is -0.497 e. The Morgan fingerprint density at radius 2 is 1.44 bits per heavy atom. The zero-order chi connectivity index (χ0) is 48.6. The highest BCUT2D eigenvalue weighted by atomic mass is 31.2. The molecule has 0 radical (unpaired) electrons. The molecule has 2 unspecified atom stereocenters. The van der Waals surface area contributed by atoms with E-state index in [1.807, 2.05) is 71.3 Å². The van der Waals surface area contributed by atoms with Gasteiger partial charge in [0.1, 0.15) is 36.0 Å². The first kappa shape index (κ1) is 50.5. The first-order valence-electron chi connectivity index (χ1n) is 23.1. The second-order valence-electron chi connectivity index (χ2n) is 18.8. The van der Waals surface area contributed by atoms with Crippen LogP contribution in [0.1, 0.15) is 88.2 Å². The van der Waals surface area contributed by atoms with Crippen LogP contribution in [0.5, 0.6) is 5.75 Å². The van der Waals surface area contributed by atoms with Crippen LogP contribution in [0.3, 0.4) is 0 Å². The number of nitriles is 1. The Balaban J connectivity index is 1.40. The normalized spacial score (nSPS) is 18.3. The summed E-state index contributed by atoms with van der Waals surface area (Å²) in [6, 6.07) is 39.5. The third-order valence-corrected chi connectivity index (χ3v) is 19.2. The summed E-state index contributed by atoms with van der Waals surface area (Å²) in [6.07, 6.45) is 0.0693. The van der Waals surface area contributed by atoms with Gasteiger partial charge in [0.2, 0.25) is 0 Å². The maximum atomic E-state index is 13.4. The number of nitrogens with zero attached hydrogens (tertiary/aromatic N) is 6. The van der Waals surface area contributed by atoms with Gasteiger partial charge >= 0.3 is 0 Å². The Bertz CT molecular complexity index is 2560. The molecule has 1 fully saturated rings. The highest BCUT2D eigenvalue weighted by molar-refractivity contribution is 7.44. The van der Waals surface area contributed by atoms with Gasteiger partial charge in [0.25, 0.3) is 14.4 Å². The average Bonchev–Trinajstić information content (AvgIpc) is 3.90. The van der Waals surface area contributed by atoms with E-state index in [1.165, 1.54) is 6.33 Å². The average molecular weight is 958 g/mol. The van der Waals surface area contributed by atoms with Crippen LogP contribution in [-0.4, -0.2) is 89.1 Å². The van der Waals surface area contributed by atoms with Gasteiger partial charge in [-0.05, 0) is 86.8 Å². The van der Waals surface area contributed by atoms with Gasteiger partial charge in [-0.1, -0.05) is 112 Å². The monoisotopic (exact) mass is 957 g/mol. The quantitative estimate of drug-likeness (QED) is 0.0335. The lowest BCUT2D eigenvalue weighted by molar-refractivity contribution is -0.0926. The van der Waals surface area contributed by atoms with Crippen LogP contribution in [0.25, 0.3) is 11.2 Å². The third-order valence-electron chi connectivity index (χ3n) is 12.6. The van der Waals surface area contributed by atoms with E-state index in [0.717, 1.165) is 16.7 Å². The number of benzene rings is 4. The summed E-state index contributed by atoms with van der Waals surface area (Å²) in [5, 5.41) is 12.4. The Morgan fingerprint density at radius 3 is 2.00 bits per heavy atom. The van der Waals surface area contributed by atoms with Crippen molar-refractivity contribution in [1.82, 2.24) is 24.2 Å². The van der Waals surface area contributed by atoms with Crippen LogP contribution in [0, 0.1) is 11.3 Å². The molecule has 1 aliphatic heterocycles. The molecule has 16 heteroatoms. The van der Waals surface area contributed by atoms with E-state index >= 15 is 0 Å². The minimum absolute atomic E-state index is 0.0217. The second-order valence-corrected chi connectivity index (χ2v) is 25.0. The number of anilines is 1. The van der Waals surface area contributed by atoms with Crippen LogP contribution >= 0.6 is 8.53 Å². The number of hydrogen-bond donors (Lipinski definition) is 1. The molecule has 0 spiro atoms. The molecule has 7 rings (SSSR count). The van der Waals surface area contributed by atoms with Crippen molar-refractivity contribution in [3.8, 4) is 11.8 Å². The Morgan fingerprint density at radius 1 is 0.853 bits per heavy atom. The number of carbonyl (C=O) groups excluding carboxylic acids is 1. The molecular formula is C52H64N7O7PSi. The van der Waals surface area contributed by atoms with E-state index < -0.39 is 47.0 Å². The molecule has 5 atom stereocenters. The van der Waals surface area contributed by atoms with Crippen LogP contribution in [-0.2, 0) is 28.5 Å². The Labute approximate surface area is 403 Å². The molecule has 1 aliphatic rings. The van der Waals surface area contributed by atoms with Gasteiger partial charge in [0.05, 0.1) is 39.1 Å². The van der Waals surface area contributed by atoms with E-state index in [1.54, 1.807) is 37.7 Å². The number of methoxy groups -OCH3 is 1. The van der Waals surface area contributed by atoms with Crippen molar-refractivity contribution in [1.29, 1.82) is 5.26 Å². The molecule has 358 valence electrons. The fraction of sp³-hybridized carbons (Fsp3) is 0.404. The van der Waals surface area contributed by atoms with E-state index in [9.17, 15) is 10.1 Å². The number of imidazole rings is 1. The summed E-state index contributed by atoms with van der Waals surface area (Å²) in [5.41, 5.74) is 2.85. The topological polar surface area (TPSA) is 155 Å². The molecule has 0 bridgehead atoms. The van der Waals surface area contributed by atoms with E-state index in [0.29, 0.717) is 22.5 Å². The van der Waals surface area contributed by atoms with Crippen LogP contribution in [0.15, 0.2) is 128 Å². The van der Waals surface area contributed by atoms with E-state index in [-0.39, 0.29) is 48.5 Å². The summed E-state index contributed by atoms with van der Waals surface area (Å²) in [4.78, 5) is 27.4. The first-order valence-corrected chi connectivity index (χ1v) is 27.1. The van der Waals surface area contributed by atoms with Crippen LogP contribution < -0.4 is 10.1 Å². The molecule has 0 saturated carbocycles. The lowest BCUT2D eigenvalue weighted by Gasteiger charge is -2.42. The molecule has 4 aromatic carbocycles. The van der Waals surface area contributed by atoms with Crippen molar-refractivity contribution in [3.05, 3.63) is 150 Å². The van der Waals surface area contributed by atoms with Crippen LogP contribution in [0.4, 0.5) is 5.82 Å². The molecule has 68 heavy (non-hydrogen) atoms. The zero-order valence-electron chi connectivity index (χ0n) is 40.7. The molecule has 2 aromatic heterocycles. The largest absolute Gasteiger partial charge is 0.497 e. The zero-order valence-corrected chi connectivity index (χ0v) is 42.6. The summed E-state index contributed by atoms with van der Waals surface area (Å²) < 4.78 is 46.1. The predicted octanol–water partition coefficient (Wildman–Crippen LogP) is 11.0. The van der Waals surface area contributed by atoms with Crippen molar-refractivity contribution in [2.45, 2.75) is 115 Å². The molecule has 0 aliphatic carbocycles. The smallest absolute Gasteiger partial charge is 0.259 e. The summed E-state index contributed by atoms with van der Waals surface area (Å²) in [5.74, 6) is 0.640. The molecule has 3 heterocycles. The molecule has 1 amide bonds. The Kier molecular flexibility index (Phi) is 16.3. The molecule has 6 aromatic rings. The van der Waals surface area contributed by atoms with Gasteiger partial charge in [0.15, 0.2) is 31.5 Å². The van der Waals surface area contributed by atoms with Crippen molar-refractivity contribution >= 4 is 39.7 Å². The lowest BCUT2D eigenvalue weighted by Crippen LogP contribution is -2.50. The van der Waals surface area contributed by atoms with E-state index in [4.69, 9.17) is 37.7 Å². The number of ether oxygens (including phenoxy) is 3. The van der Waals surface area contributed by atoms with Gasteiger partial charge in [-0.3, -0.25) is 9.36 Å². The lowest BCUT2D eigenvalue weighted by atomic mass is 9.80. The van der Waals surface area contributed by atoms with Gasteiger partial charge in [-0.2, -0.15) is 5.26 Å². The summed E-state index contributed by atoms with van der Waals surface area (Å²) in [6.45, 7) is 19.6. The predicted molar refractivity (Wildman–Crippen MR) is 267 cm³/mol. The van der Waals surface area contributed by atoms with Crippen molar-refractivity contribution < 1.29 is 32.5 Å². The van der Waals surface area contributed by atoms with Crippen molar-refractivity contribution in [3.63, 3.8) is 0 Å². The summed E-state index contributed by atoms with van der Waals surface area (Å²) in [7, 11) is -2.79. The SMILES string of the molecule is COc1ccc(C(OC[C@H]2O[C@@H](n3cnc4c(NC(=O)c5ccccc5)ncnc43)C(O[Si](C)(C)C(C)(C)C)[C@H]2OP(OCCC#N)N(C(C)C)C(C)C)(c2ccccc2)c2ccccc2)cc1. The molecular weight excluding hydrogens is 894 g/mol. The number of nitrogens with one attached hydrogen (secondary N) is 1. The number of rotatable bonds is 20. The highest BCUT2D eigenvalue weighted by Gasteiger charge is 2.54.